The summed E-state index contributed by atoms with van der Waals surface area (Å²) in [5.41, 5.74) is 7.07. The number of ether oxygens (including phenoxy) is 1. The van der Waals surface area contributed by atoms with Gasteiger partial charge in [0.2, 0.25) is 0 Å². The smallest absolute Gasteiger partial charge is 0.338 e. The molecule has 2 aromatic carbocycles. The molecular weight excluding hydrogens is 312 g/mol. The third kappa shape index (κ3) is 2.14. The molecule has 5 rings (SSSR count). The Balaban J connectivity index is 1.63. The van der Waals surface area contributed by atoms with Gasteiger partial charge in [0.15, 0.2) is 0 Å². The lowest BCUT2D eigenvalue weighted by Crippen LogP contribution is -2.39. The highest BCUT2D eigenvalue weighted by Crippen LogP contribution is 2.41. The molecule has 2 aliphatic heterocycles. The van der Waals surface area contributed by atoms with Crippen LogP contribution in [0.15, 0.2) is 42.5 Å². The Labute approximate surface area is 146 Å². The zero-order chi connectivity index (χ0) is 17.0. The minimum atomic E-state index is -0.238. The van der Waals surface area contributed by atoms with Crippen LogP contribution in [-0.4, -0.2) is 29.5 Å². The Morgan fingerprint density at radius 2 is 2.04 bits per heavy atom. The predicted octanol–water partition coefficient (Wildman–Crippen LogP) is 3.61. The molecule has 0 aliphatic carbocycles. The molecule has 0 amide bonds. The number of nitrogens with one attached hydrogen (secondary N) is 1. The Hall–Kier alpha value is -2.59. The molecule has 126 valence electrons. The lowest BCUT2D eigenvalue weighted by atomic mass is 9.85. The minimum Gasteiger partial charge on any atom is -0.465 e. The van der Waals surface area contributed by atoms with Crippen molar-refractivity contribution in [2.24, 2.45) is 0 Å². The van der Waals surface area contributed by atoms with Crippen molar-refractivity contribution in [2.45, 2.75) is 25.4 Å². The van der Waals surface area contributed by atoms with Gasteiger partial charge in [0.05, 0.1) is 18.7 Å². The molecule has 0 saturated carbocycles. The first-order valence-electron chi connectivity index (χ1n) is 8.79. The highest BCUT2D eigenvalue weighted by atomic mass is 16.5. The number of carbonyl (C=O) groups excluding carboxylic acids is 1. The van der Waals surface area contributed by atoms with Crippen molar-refractivity contribution in [3.63, 3.8) is 0 Å². The summed E-state index contributed by atoms with van der Waals surface area (Å²) in [5, 5.41) is 1.34. The number of rotatable bonds is 1. The minimum absolute atomic E-state index is 0.238. The zero-order valence-corrected chi connectivity index (χ0v) is 14.2. The second-order valence-electron chi connectivity index (χ2n) is 6.94. The first-order chi connectivity index (χ1) is 12.3. The maximum Gasteiger partial charge on any atom is 0.338 e. The van der Waals surface area contributed by atoms with E-state index in [1.165, 1.54) is 34.8 Å². The SMILES string of the molecule is COC(=O)c1cccc2c1CC1c3[nH]c4ccccc4c3CCN1C2. The maximum atomic E-state index is 12.2. The molecule has 25 heavy (non-hydrogen) atoms. The van der Waals surface area contributed by atoms with Gasteiger partial charge in [-0.15, -0.1) is 0 Å². The van der Waals surface area contributed by atoms with Gasteiger partial charge < -0.3 is 9.72 Å². The molecule has 1 N–H and O–H groups in total. The molecule has 0 radical (unpaired) electrons. The molecule has 1 atom stereocenters. The summed E-state index contributed by atoms with van der Waals surface area (Å²) in [7, 11) is 1.45. The monoisotopic (exact) mass is 332 g/mol. The first kappa shape index (κ1) is 14.7. The molecule has 1 aromatic heterocycles. The molecule has 0 bridgehead atoms. The van der Waals surface area contributed by atoms with Crippen LogP contribution in [0.3, 0.4) is 0 Å². The lowest BCUT2D eigenvalue weighted by Gasteiger charge is -2.40. The standard InChI is InChI=1S/C21H20N2O2/c1-25-21(24)16-7-4-5-13-12-23-10-9-15-14-6-2-3-8-18(14)22-20(15)19(23)11-17(13)16/h2-8,19,22H,9-12H2,1H3. The molecule has 0 fully saturated rings. The number of hydrogen-bond donors (Lipinski definition) is 1. The quantitative estimate of drug-likeness (QED) is 0.693. The van der Waals surface area contributed by atoms with E-state index in [0.29, 0.717) is 11.6 Å². The summed E-state index contributed by atoms with van der Waals surface area (Å²) < 4.78 is 5.00. The van der Waals surface area contributed by atoms with Crippen molar-refractivity contribution in [3.05, 3.63) is 70.4 Å². The van der Waals surface area contributed by atoms with Crippen molar-refractivity contribution in [2.75, 3.05) is 13.7 Å². The molecule has 0 saturated heterocycles. The summed E-state index contributed by atoms with van der Waals surface area (Å²) in [6, 6.07) is 14.8. The molecular formula is C21H20N2O2. The number of para-hydroxylation sites is 1. The Bertz CT molecular complexity index is 989. The Morgan fingerprint density at radius 3 is 2.92 bits per heavy atom. The van der Waals surface area contributed by atoms with E-state index in [2.05, 4.69) is 40.2 Å². The van der Waals surface area contributed by atoms with Crippen LogP contribution in [0.4, 0.5) is 0 Å². The second kappa shape index (κ2) is 5.46. The van der Waals surface area contributed by atoms with Crippen LogP contribution in [0.2, 0.25) is 0 Å². The number of carbonyl (C=O) groups is 1. The predicted molar refractivity (Wildman–Crippen MR) is 96.6 cm³/mol. The first-order valence-corrected chi connectivity index (χ1v) is 8.79. The Kier molecular flexibility index (Phi) is 3.22. The van der Waals surface area contributed by atoms with Crippen LogP contribution in [0, 0.1) is 0 Å². The van der Waals surface area contributed by atoms with Gasteiger partial charge in [0, 0.05) is 29.7 Å². The highest BCUT2D eigenvalue weighted by Gasteiger charge is 2.35. The van der Waals surface area contributed by atoms with Gasteiger partial charge in [-0.05, 0) is 41.7 Å². The fourth-order valence-electron chi connectivity index (χ4n) is 4.53. The van der Waals surface area contributed by atoms with Gasteiger partial charge in [-0.25, -0.2) is 4.79 Å². The van der Waals surface area contributed by atoms with Crippen molar-refractivity contribution in [1.29, 1.82) is 0 Å². The molecule has 1 unspecified atom stereocenters. The summed E-state index contributed by atoms with van der Waals surface area (Å²) in [4.78, 5) is 18.4. The molecule has 0 spiro atoms. The summed E-state index contributed by atoms with van der Waals surface area (Å²) in [6.45, 7) is 1.95. The summed E-state index contributed by atoms with van der Waals surface area (Å²) in [5.74, 6) is -0.238. The van der Waals surface area contributed by atoms with Gasteiger partial charge in [-0.1, -0.05) is 30.3 Å². The van der Waals surface area contributed by atoms with Crippen LogP contribution >= 0.6 is 0 Å². The average Bonchev–Trinajstić information content (AvgIpc) is 3.04. The molecule has 4 nitrogen and oxygen atoms in total. The number of nitrogens with zero attached hydrogens (tertiary/aromatic N) is 1. The molecule has 2 aliphatic rings. The maximum absolute atomic E-state index is 12.2. The van der Waals surface area contributed by atoms with Gasteiger partial charge in [-0.2, -0.15) is 0 Å². The van der Waals surface area contributed by atoms with E-state index in [4.69, 9.17) is 4.74 Å². The fourth-order valence-corrected chi connectivity index (χ4v) is 4.53. The third-order valence-electron chi connectivity index (χ3n) is 5.72. The van der Waals surface area contributed by atoms with E-state index in [1.807, 2.05) is 12.1 Å². The van der Waals surface area contributed by atoms with E-state index >= 15 is 0 Å². The number of methoxy groups -OCH3 is 1. The van der Waals surface area contributed by atoms with Crippen LogP contribution in [-0.2, 0) is 24.1 Å². The molecule has 4 heteroatoms. The Morgan fingerprint density at radius 1 is 1.16 bits per heavy atom. The van der Waals surface area contributed by atoms with E-state index in [9.17, 15) is 4.79 Å². The fraction of sp³-hybridized carbons (Fsp3) is 0.286. The van der Waals surface area contributed by atoms with Crippen LogP contribution in [0.5, 0.6) is 0 Å². The van der Waals surface area contributed by atoms with Crippen molar-refractivity contribution in [1.82, 2.24) is 9.88 Å². The molecule has 3 heterocycles. The van der Waals surface area contributed by atoms with Crippen molar-refractivity contribution >= 4 is 16.9 Å². The number of esters is 1. The highest BCUT2D eigenvalue weighted by molar-refractivity contribution is 5.91. The van der Waals surface area contributed by atoms with Crippen molar-refractivity contribution < 1.29 is 9.53 Å². The van der Waals surface area contributed by atoms with Crippen LogP contribution in [0.1, 0.15) is 38.8 Å². The van der Waals surface area contributed by atoms with Gasteiger partial charge in [0.25, 0.3) is 0 Å². The number of aromatic amines is 1. The number of hydrogen-bond acceptors (Lipinski definition) is 3. The third-order valence-corrected chi connectivity index (χ3v) is 5.72. The van der Waals surface area contributed by atoms with Crippen molar-refractivity contribution in [3.8, 4) is 0 Å². The van der Waals surface area contributed by atoms with Gasteiger partial charge in [0.1, 0.15) is 0 Å². The van der Waals surface area contributed by atoms with E-state index in [-0.39, 0.29) is 5.97 Å². The zero-order valence-electron chi connectivity index (χ0n) is 14.2. The molecule has 3 aromatic rings. The van der Waals surface area contributed by atoms with Crippen LogP contribution < -0.4 is 0 Å². The van der Waals surface area contributed by atoms with E-state index < -0.39 is 0 Å². The summed E-state index contributed by atoms with van der Waals surface area (Å²) >= 11 is 0. The van der Waals surface area contributed by atoms with Gasteiger partial charge in [-0.3, -0.25) is 4.90 Å². The summed E-state index contributed by atoms with van der Waals surface area (Å²) in [6.07, 6.45) is 1.92. The number of aromatic nitrogens is 1. The topological polar surface area (TPSA) is 45.3 Å². The number of fused-ring (bicyclic) bond motifs is 6. The van der Waals surface area contributed by atoms with Crippen LogP contribution in [0.25, 0.3) is 10.9 Å². The average molecular weight is 332 g/mol. The number of benzene rings is 2. The lowest BCUT2D eigenvalue weighted by molar-refractivity contribution is 0.0596. The van der Waals surface area contributed by atoms with E-state index in [0.717, 1.165) is 31.5 Å². The largest absolute Gasteiger partial charge is 0.465 e. The number of H-pyrrole nitrogens is 1. The van der Waals surface area contributed by atoms with E-state index in [1.54, 1.807) is 0 Å². The normalized spacial score (nSPS) is 19.2. The van der Waals surface area contributed by atoms with Gasteiger partial charge >= 0.3 is 5.97 Å². The second-order valence-corrected chi connectivity index (χ2v) is 6.94.